The van der Waals surface area contributed by atoms with E-state index in [0.717, 1.165) is 43.1 Å². The highest BCUT2D eigenvalue weighted by molar-refractivity contribution is 5.62. The number of benzene rings is 2. The number of ether oxygens (including phenoxy) is 1. The molecule has 0 aromatic heterocycles. The van der Waals surface area contributed by atoms with E-state index in [1.54, 1.807) is 0 Å². The minimum absolute atomic E-state index is 0.260. The maximum Gasteiger partial charge on any atom is 0.416 e. The molecule has 0 saturated carbocycles. The number of rotatable bonds is 4. The second-order valence-electron chi connectivity index (χ2n) is 7.17. The predicted octanol–water partition coefficient (Wildman–Crippen LogP) is 6.53. The SMILES string of the molecule is Cc1ccc(C(C)C)c(Oc2ccc(C(F)(F)F)cc2N2CCCC2)c1. The zero-order valence-corrected chi connectivity index (χ0v) is 15.4. The molecular weight excluding hydrogens is 339 g/mol. The summed E-state index contributed by atoms with van der Waals surface area (Å²) in [5.41, 5.74) is 1.98. The summed E-state index contributed by atoms with van der Waals surface area (Å²) in [5.74, 6) is 1.45. The fourth-order valence-electron chi connectivity index (χ4n) is 3.31. The number of anilines is 1. The molecule has 140 valence electrons. The maximum atomic E-state index is 13.2. The van der Waals surface area contributed by atoms with Crippen LogP contribution in [0.15, 0.2) is 36.4 Å². The van der Waals surface area contributed by atoms with Gasteiger partial charge in [-0.25, -0.2) is 0 Å². The fraction of sp³-hybridized carbons (Fsp3) is 0.429. The highest BCUT2D eigenvalue weighted by Gasteiger charge is 2.32. The van der Waals surface area contributed by atoms with Gasteiger partial charge in [0.15, 0.2) is 5.75 Å². The van der Waals surface area contributed by atoms with E-state index in [0.29, 0.717) is 17.2 Å². The van der Waals surface area contributed by atoms with Gasteiger partial charge in [-0.15, -0.1) is 0 Å². The van der Waals surface area contributed by atoms with Crippen molar-refractivity contribution in [1.82, 2.24) is 0 Å². The van der Waals surface area contributed by atoms with Gasteiger partial charge in [-0.3, -0.25) is 0 Å². The van der Waals surface area contributed by atoms with E-state index in [9.17, 15) is 13.2 Å². The summed E-state index contributed by atoms with van der Waals surface area (Å²) in [6, 6.07) is 9.75. The van der Waals surface area contributed by atoms with Crippen molar-refractivity contribution in [2.24, 2.45) is 0 Å². The third-order valence-electron chi connectivity index (χ3n) is 4.74. The lowest BCUT2D eigenvalue weighted by atomic mass is 10.0. The highest BCUT2D eigenvalue weighted by Crippen LogP contribution is 2.41. The second-order valence-corrected chi connectivity index (χ2v) is 7.17. The molecule has 0 atom stereocenters. The smallest absolute Gasteiger partial charge is 0.416 e. The summed E-state index contributed by atoms with van der Waals surface area (Å²) in [6.07, 6.45) is -2.39. The van der Waals surface area contributed by atoms with Crippen molar-refractivity contribution < 1.29 is 17.9 Å². The fourth-order valence-corrected chi connectivity index (χ4v) is 3.31. The van der Waals surface area contributed by atoms with E-state index in [1.807, 2.05) is 30.0 Å². The Morgan fingerprint density at radius 1 is 0.962 bits per heavy atom. The van der Waals surface area contributed by atoms with Gasteiger partial charge in [0, 0.05) is 13.1 Å². The summed E-state index contributed by atoms with van der Waals surface area (Å²) in [5, 5.41) is 0. The first kappa shape index (κ1) is 18.6. The van der Waals surface area contributed by atoms with Gasteiger partial charge in [0.05, 0.1) is 11.3 Å². The van der Waals surface area contributed by atoms with Gasteiger partial charge < -0.3 is 9.64 Å². The van der Waals surface area contributed by atoms with Crippen LogP contribution in [-0.4, -0.2) is 13.1 Å². The molecule has 0 N–H and O–H groups in total. The lowest BCUT2D eigenvalue weighted by Crippen LogP contribution is -2.19. The number of nitrogens with zero attached hydrogens (tertiary/aromatic N) is 1. The quantitative estimate of drug-likeness (QED) is 0.612. The van der Waals surface area contributed by atoms with E-state index in [1.165, 1.54) is 12.1 Å². The van der Waals surface area contributed by atoms with E-state index in [4.69, 9.17) is 4.74 Å². The van der Waals surface area contributed by atoms with Crippen molar-refractivity contribution in [1.29, 1.82) is 0 Å². The molecule has 2 nitrogen and oxygen atoms in total. The van der Waals surface area contributed by atoms with Crippen molar-refractivity contribution in [2.45, 2.75) is 45.7 Å². The molecule has 26 heavy (non-hydrogen) atoms. The average molecular weight is 363 g/mol. The Kier molecular flexibility index (Phi) is 5.17. The molecule has 0 amide bonds. The largest absolute Gasteiger partial charge is 0.455 e. The number of alkyl halides is 3. The molecule has 1 fully saturated rings. The molecular formula is C21H24F3NO. The zero-order valence-electron chi connectivity index (χ0n) is 15.4. The summed E-state index contributed by atoms with van der Waals surface area (Å²) < 4.78 is 45.7. The third-order valence-corrected chi connectivity index (χ3v) is 4.74. The minimum atomic E-state index is -4.36. The van der Waals surface area contributed by atoms with Gasteiger partial charge in [0.1, 0.15) is 5.75 Å². The van der Waals surface area contributed by atoms with Crippen molar-refractivity contribution in [2.75, 3.05) is 18.0 Å². The molecule has 5 heteroatoms. The molecule has 0 radical (unpaired) electrons. The lowest BCUT2D eigenvalue weighted by molar-refractivity contribution is -0.137. The van der Waals surface area contributed by atoms with Gasteiger partial charge in [-0.2, -0.15) is 13.2 Å². The molecule has 1 aliphatic heterocycles. The molecule has 0 unspecified atom stereocenters. The van der Waals surface area contributed by atoms with Crippen LogP contribution in [-0.2, 0) is 6.18 Å². The Hall–Kier alpha value is -2.17. The first-order valence-electron chi connectivity index (χ1n) is 9.00. The molecule has 2 aromatic rings. The lowest BCUT2D eigenvalue weighted by Gasteiger charge is -2.24. The van der Waals surface area contributed by atoms with E-state index < -0.39 is 11.7 Å². The molecule has 0 aliphatic carbocycles. The first-order chi connectivity index (χ1) is 12.3. The second kappa shape index (κ2) is 7.22. The normalized spacial score (nSPS) is 15.0. The van der Waals surface area contributed by atoms with Gasteiger partial charge in [-0.1, -0.05) is 26.0 Å². The molecule has 1 heterocycles. The monoisotopic (exact) mass is 363 g/mol. The van der Waals surface area contributed by atoms with Gasteiger partial charge in [-0.05, 0) is 61.1 Å². The molecule has 0 bridgehead atoms. The Bertz CT molecular complexity index is 777. The van der Waals surface area contributed by atoms with Crippen LogP contribution in [0.4, 0.5) is 18.9 Å². The third kappa shape index (κ3) is 3.97. The van der Waals surface area contributed by atoms with Gasteiger partial charge >= 0.3 is 6.18 Å². The summed E-state index contributed by atoms with van der Waals surface area (Å²) in [6.45, 7) is 7.63. The standard InChI is InChI=1S/C21H24F3NO/c1-14(2)17-8-6-15(3)12-20(17)26-19-9-7-16(21(22,23)24)13-18(19)25-10-4-5-11-25/h6-9,12-14H,4-5,10-11H2,1-3H3. The van der Waals surface area contributed by atoms with Crippen LogP contribution in [0.25, 0.3) is 0 Å². The molecule has 1 saturated heterocycles. The minimum Gasteiger partial charge on any atom is -0.455 e. The molecule has 3 rings (SSSR count). The van der Waals surface area contributed by atoms with Gasteiger partial charge in [0.2, 0.25) is 0 Å². The predicted molar refractivity (Wildman–Crippen MR) is 98.2 cm³/mol. The van der Waals surface area contributed by atoms with E-state index in [-0.39, 0.29) is 5.92 Å². The Morgan fingerprint density at radius 3 is 2.27 bits per heavy atom. The number of halogens is 3. The number of hydrogen-bond acceptors (Lipinski definition) is 2. The molecule has 0 spiro atoms. The van der Waals surface area contributed by atoms with Crippen LogP contribution in [0, 0.1) is 6.92 Å². The summed E-state index contributed by atoms with van der Waals surface area (Å²) in [7, 11) is 0. The Labute approximate surface area is 152 Å². The van der Waals surface area contributed by atoms with Crippen molar-refractivity contribution in [3.8, 4) is 11.5 Å². The van der Waals surface area contributed by atoms with Crippen LogP contribution < -0.4 is 9.64 Å². The maximum absolute atomic E-state index is 13.2. The van der Waals surface area contributed by atoms with E-state index >= 15 is 0 Å². The number of aryl methyl sites for hydroxylation is 1. The summed E-state index contributed by atoms with van der Waals surface area (Å²) >= 11 is 0. The Morgan fingerprint density at radius 2 is 1.65 bits per heavy atom. The highest BCUT2D eigenvalue weighted by atomic mass is 19.4. The van der Waals surface area contributed by atoms with Crippen molar-refractivity contribution in [3.05, 3.63) is 53.1 Å². The van der Waals surface area contributed by atoms with Crippen molar-refractivity contribution >= 4 is 5.69 Å². The van der Waals surface area contributed by atoms with Crippen LogP contribution >= 0.6 is 0 Å². The average Bonchev–Trinajstić information content (AvgIpc) is 3.08. The molecule has 2 aromatic carbocycles. The van der Waals surface area contributed by atoms with Crippen LogP contribution in [0.5, 0.6) is 11.5 Å². The first-order valence-corrected chi connectivity index (χ1v) is 9.00. The topological polar surface area (TPSA) is 12.5 Å². The number of hydrogen-bond donors (Lipinski definition) is 0. The van der Waals surface area contributed by atoms with Crippen LogP contribution in [0.3, 0.4) is 0 Å². The van der Waals surface area contributed by atoms with Crippen LogP contribution in [0.2, 0.25) is 0 Å². The zero-order chi connectivity index (χ0) is 18.9. The van der Waals surface area contributed by atoms with E-state index in [2.05, 4.69) is 13.8 Å². The molecule has 1 aliphatic rings. The van der Waals surface area contributed by atoms with Crippen LogP contribution in [0.1, 0.15) is 49.3 Å². The Balaban J connectivity index is 2.03. The van der Waals surface area contributed by atoms with Gasteiger partial charge in [0.25, 0.3) is 0 Å². The van der Waals surface area contributed by atoms with Crippen molar-refractivity contribution in [3.63, 3.8) is 0 Å². The summed E-state index contributed by atoms with van der Waals surface area (Å²) in [4.78, 5) is 1.98.